The van der Waals surface area contributed by atoms with E-state index in [1.165, 1.54) is 30.3 Å². The fourth-order valence-corrected chi connectivity index (χ4v) is 4.79. The maximum Gasteiger partial charge on any atom is 0.249 e. The van der Waals surface area contributed by atoms with Crippen LogP contribution in [0.25, 0.3) is 33.1 Å². The summed E-state index contributed by atoms with van der Waals surface area (Å²) in [5.74, 6) is -2.42. The van der Waals surface area contributed by atoms with Gasteiger partial charge in [-0.25, -0.2) is 13.8 Å². The van der Waals surface area contributed by atoms with Crippen molar-refractivity contribution in [3.63, 3.8) is 0 Å². The number of hydrogen-bond acceptors (Lipinski definition) is 5. The van der Waals surface area contributed by atoms with Gasteiger partial charge in [-0.2, -0.15) is 0 Å². The van der Waals surface area contributed by atoms with Crippen LogP contribution in [0.15, 0.2) is 53.8 Å². The van der Waals surface area contributed by atoms with E-state index in [-0.39, 0.29) is 33.2 Å². The lowest BCUT2D eigenvalue weighted by Crippen LogP contribution is -2.48. The van der Waals surface area contributed by atoms with Gasteiger partial charge in [0.05, 0.1) is 16.3 Å². The van der Waals surface area contributed by atoms with Crippen molar-refractivity contribution in [1.29, 1.82) is 0 Å². The first kappa shape index (κ1) is 22.8. The Morgan fingerprint density at radius 2 is 1.86 bits per heavy atom. The summed E-state index contributed by atoms with van der Waals surface area (Å²) in [6, 6.07) is 8.05. The van der Waals surface area contributed by atoms with Crippen LogP contribution >= 0.6 is 11.6 Å². The predicted octanol–water partition coefficient (Wildman–Crippen LogP) is 4.22. The van der Waals surface area contributed by atoms with Gasteiger partial charge < -0.3 is 19.9 Å². The van der Waals surface area contributed by atoms with E-state index in [4.69, 9.17) is 11.6 Å². The molecule has 0 unspecified atom stereocenters. The molecule has 5 rings (SSSR count). The Morgan fingerprint density at radius 1 is 1.11 bits per heavy atom. The van der Waals surface area contributed by atoms with Crippen molar-refractivity contribution in [1.82, 2.24) is 14.9 Å². The number of phenolic OH excluding ortho intramolecular Hbond substituents is 1. The van der Waals surface area contributed by atoms with Crippen LogP contribution in [-0.2, 0) is 4.79 Å². The second-order valence-corrected chi connectivity index (χ2v) is 8.55. The van der Waals surface area contributed by atoms with Gasteiger partial charge in [0.1, 0.15) is 22.7 Å². The SMILES string of the molecule is C=CC(=O)N1CCN(c2c3ccc(=O)[nH]c3nc3c(F)c(-c4c(O)cccc4F)c(Cl)cc23)CC1. The van der Waals surface area contributed by atoms with Gasteiger partial charge in [-0.15, -0.1) is 0 Å². The molecule has 2 N–H and O–H groups in total. The fraction of sp³-hybridized carbons (Fsp3) is 0.160. The number of phenols is 1. The first-order valence-electron chi connectivity index (χ1n) is 10.8. The van der Waals surface area contributed by atoms with Gasteiger partial charge in [-0.05, 0) is 30.3 Å². The number of aromatic hydroxyl groups is 1. The van der Waals surface area contributed by atoms with Crippen molar-refractivity contribution >= 4 is 45.1 Å². The van der Waals surface area contributed by atoms with Crippen molar-refractivity contribution in [3.05, 3.63) is 76.1 Å². The highest BCUT2D eigenvalue weighted by atomic mass is 35.5. The lowest BCUT2D eigenvalue weighted by Gasteiger charge is -2.36. The lowest BCUT2D eigenvalue weighted by molar-refractivity contribution is -0.126. The minimum Gasteiger partial charge on any atom is -0.507 e. The molecule has 0 aliphatic carbocycles. The minimum atomic E-state index is -0.929. The van der Waals surface area contributed by atoms with E-state index >= 15 is 4.39 Å². The van der Waals surface area contributed by atoms with Crippen LogP contribution in [0.2, 0.25) is 5.02 Å². The van der Waals surface area contributed by atoms with Crippen molar-refractivity contribution in [2.24, 2.45) is 0 Å². The Morgan fingerprint density at radius 3 is 2.54 bits per heavy atom. The first-order chi connectivity index (χ1) is 16.8. The predicted molar refractivity (Wildman–Crippen MR) is 131 cm³/mol. The number of aromatic amines is 1. The molecular formula is C25H19ClF2N4O3. The Hall–Kier alpha value is -3.98. The summed E-state index contributed by atoms with van der Waals surface area (Å²) in [6.07, 6.45) is 1.26. The zero-order valence-electron chi connectivity index (χ0n) is 18.3. The largest absolute Gasteiger partial charge is 0.507 e. The van der Waals surface area contributed by atoms with Crippen LogP contribution in [0.5, 0.6) is 5.75 Å². The van der Waals surface area contributed by atoms with Crippen LogP contribution in [0, 0.1) is 11.6 Å². The summed E-state index contributed by atoms with van der Waals surface area (Å²) in [7, 11) is 0. The number of amides is 1. The molecule has 0 spiro atoms. The average molecular weight is 497 g/mol. The van der Waals surface area contributed by atoms with Crippen LogP contribution in [0.1, 0.15) is 0 Å². The Balaban J connectivity index is 1.77. The van der Waals surface area contributed by atoms with E-state index in [9.17, 15) is 19.1 Å². The molecule has 178 valence electrons. The summed E-state index contributed by atoms with van der Waals surface area (Å²) >= 11 is 6.47. The van der Waals surface area contributed by atoms with Crippen LogP contribution in [-0.4, -0.2) is 52.1 Å². The molecule has 1 amide bonds. The molecule has 2 aromatic carbocycles. The van der Waals surface area contributed by atoms with Gasteiger partial charge >= 0.3 is 0 Å². The van der Waals surface area contributed by atoms with E-state index in [2.05, 4.69) is 16.5 Å². The third-order valence-corrected chi connectivity index (χ3v) is 6.45. The number of carbonyl (C=O) groups excluding carboxylic acids is 1. The molecule has 0 saturated carbocycles. The number of H-pyrrole nitrogens is 1. The number of carbonyl (C=O) groups is 1. The van der Waals surface area contributed by atoms with Gasteiger partial charge in [0.2, 0.25) is 11.5 Å². The number of benzene rings is 2. The molecule has 1 aliphatic heterocycles. The quantitative estimate of drug-likeness (QED) is 0.327. The molecule has 1 aliphatic rings. The molecular weight excluding hydrogens is 478 g/mol. The number of anilines is 1. The van der Waals surface area contributed by atoms with Crippen LogP contribution in [0.4, 0.5) is 14.5 Å². The highest BCUT2D eigenvalue weighted by molar-refractivity contribution is 6.34. The summed E-state index contributed by atoms with van der Waals surface area (Å²) in [6.45, 7) is 5.21. The minimum absolute atomic E-state index is 0.109. The number of rotatable bonds is 3. The molecule has 10 heteroatoms. The average Bonchev–Trinajstić information content (AvgIpc) is 2.84. The zero-order chi connectivity index (χ0) is 24.9. The zero-order valence-corrected chi connectivity index (χ0v) is 19.1. The van der Waals surface area contributed by atoms with Crippen molar-refractivity contribution in [3.8, 4) is 16.9 Å². The van der Waals surface area contributed by atoms with Crippen molar-refractivity contribution in [2.75, 3.05) is 31.1 Å². The summed E-state index contributed by atoms with van der Waals surface area (Å²) < 4.78 is 30.6. The maximum atomic E-state index is 16.0. The van der Waals surface area contributed by atoms with E-state index in [1.807, 2.05) is 4.90 Å². The Kier molecular flexibility index (Phi) is 5.64. The van der Waals surface area contributed by atoms with Gasteiger partial charge in [0.25, 0.3) is 0 Å². The highest BCUT2D eigenvalue weighted by Gasteiger charge is 2.27. The number of nitrogens with zero attached hydrogens (tertiary/aromatic N) is 3. The monoisotopic (exact) mass is 496 g/mol. The van der Waals surface area contributed by atoms with Gasteiger partial charge in [-0.1, -0.05) is 24.2 Å². The van der Waals surface area contributed by atoms with Crippen LogP contribution < -0.4 is 10.5 Å². The molecule has 1 saturated heterocycles. The summed E-state index contributed by atoms with van der Waals surface area (Å²) in [5, 5.41) is 11.1. The smallest absolute Gasteiger partial charge is 0.249 e. The van der Waals surface area contributed by atoms with E-state index < -0.39 is 22.9 Å². The molecule has 3 heterocycles. The standard InChI is InChI=1S/C25H19ClF2N4O3/c1-2-19(35)31-8-10-32(11-9-31)24-13-6-7-18(34)29-25(13)30-23-14(24)12-15(26)20(22(23)28)21-16(27)4-3-5-17(21)33/h2-7,12,33H,1,8-11H2,(H,29,30,34). The number of aromatic nitrogens is 2. The third-order valence-electron chi connectivity index (χ3n) is 6.15. The number of fused-ring (bicyclic) bond motifs is 2. The summed E-state index contributed by atoms with van der Waals surface area (Å²) in [4.78, 5) is 34.6. The molecule has 1 fully saturated rings. The molecule has 2 aromatic heterocycles. The molecule has 0 bridgehead atoms. The number of halogens is 3. The molecule has 0 atom stereocenters. The topological polar surface area (TPSA) is 89.5 Å². The van der Waals surface area contributed by atoms with Gasteiger partial charge in [0.15, 0.2) is 5.82 Å². The molecule has 4 aromatic rings. The second-order valence-electron chi connectivity index (χ2n) is 8.14. The van der Waals surface area contributed by atoms with E-state index in [1.54, 1.807) is 11.0 Å². The molecule has 7 nitrogen and oxygen atoms in total. The number of piperazine rings is 1. The van der Waals surface area contributed by atoms with Gasteiger partial charge in [-0.3, -0.25) is 9.59 Å². The number of hydrogen-bond donors (Lipinski definition) is 2. The lowest BCUT2D eigenvalue weighted by atomic mass is 9.99. The number of pyridine rings is 2. The van der Waals surface area contributed by atoms with Crippen molar-refractivity contribution in [2.45, 2.75) is 0 Å². The number of nitrogens with one attached hydrogen (secondary N) is 1. The van der Waals surface area contributed by atoms with Crippen molar-refractivity contribution < 1.29 is 18.7 Å². The highest BCUT2D eigenvalue weighted by Crippen LogP contribution is 2.44. The first-order valence-corrected chi connectivity index (χ1v) is 11.2. The Bertz CT molecular complexity index is 1560. The molecule has 0 radical (unpaired) electrons. The van der Waals surface area contributed by atoms with Gasteiger partial charge in [0, 0.05) is 48.6 Å². The van der Waals surface area contributed by atoms with E-state index in [0.29, 0.717) is 42.6 Å². The van der Waals surface area contributed by atoms with E-state index in [0.717, 1.165) is 6.07 Å². The third kappa shape index (κ3) is 3.77. The summed E-state index contributed by atoms with van der Waals surface area (Å²) in [5.41, 5.74) is -0.531. The second kappa shape index (κ2) is 8.66. The normalized spacial score (nSPS) is 14.0. The molecule has 35 heavy (non-hydrogen) atoms. The fourth-order valence-electron chi connectivity index (χ4n) is 4.51. The Labute approximate surface area is 202 Å². The van der Waals surface area contributed by atoms with Crippen LogP contribution in [0.3, 0.4) is 0 Å². The maximum absolute atomic E-state index is 16.0.